The molecule has 33 heavy (non-hydrogen) atoms. The number of carbonyl (C=O) groups is 4. The maximum absolute atomic E-state index is 13.1. The lowest BCUT2D eigenvalue weighted by atomic mass is 9.94. The van der Waals surface area contributed by atoms with Crippen LogP contribution < -0.4 is 4.90 Å². The van der Waals surface area contributed by atoms with Gasteiger partial charge < -0.3 is 4.74 Å². The smallest absolute Gasteiger partial charge is 0.397 e. The van der Waals surface area contributed by atoms with Crippen molar-refractivity contribution < 1.29 is 28.8 Å². The second kappa shape index (κ2) is 8.74. The first-order chi connectivity index (χ1) is 15.7. The summed E-state index contributed by atoms with van der Waals surface area (Å²) in [6.07, 6.45) is 0.620. The van der Waals surface area contributed by atoms with Crippen molar-refractivity contribution in [3.05, 3.63) is 67.7 Å². The number of nitro groups is 1. The molecule has 0 spiro atoms. The monoisotopic (exact) mass is 515 g/mol. The minimum Gasteiger partial charge on any atom is -0.459 e. The number of halogens is 1. The summed E-state index contributed by atoms with van der Waals surface area (Å²) in [7, 11) is 0. The third-order valence-corrected chi connectivity index (χ3v) is 6.08. The van der Waals surface area contributed by atoms with E-state index >= 15 is 0 Å². The van der Waals surface area contributed by atoms with Crippen molar-refractivity contribution in [2.75, 3.05) is 18.1 Å². The largest absolute Gasteiger partial charge is 0.459 e. The highest BCUT2D eigenvalue weighted by molar-refractivity contribution is 9.10. The lowest BCUT2D eigenvalue weighted by Gasteiger charge is -2.37. The molecular formula is C22H18BrN3O7. The molecule has 1 atom stereocenters. The first kappa shape index (κ1) is 22.6. The summed E-state index contributed by atoms with van der Waals surface area (Å²) >= 11 is 3.24. The molecule has 0 saturated carbocycles. The SMILES string of the molecule is CCOC(=O)C(=O)N1c2c(cc(Br)cc2[N+](=O)[O-])CCC1CN1C(=O)c2ccccc2C1=O. The molecule has 2 aromatic carbocycles. The van der Waals surface area contributed by atoms with E-state index in [2.05, 4.69) is 15.9 Å². The minimum atomic E-state index is -1.17. The van der Waals surface area contributed by atoms with Gasteiger partial charge in [0.1, 0.15) is 5.69 Å². The molecule has 0 N–H and O–H groups in total. The van der Waals surface area contributed by atoms with E-state index < -0.39 is 34.7 Å². The number of aryl methyl sites for hydroxylation is 1. The number of fused-ring (bicyclic) bond motifs is 2. The normalized spacial score (nSPS) is 17.0. The molecule has 0 bridgehead atoms. The average Bonchev–Trinajstić information content (AvgIpc) is 3.03. The van der Waals surface area contributed by atoms with Crippen LogP contribution in [0.3, 0.4) is 0 Å². The Morgan fingerprint density at radius 2 is 1.82 bits per heavy atom. The Bertz CT molecular complexity index is 1180. The summed E-state index contributed by atoms with van der Waals surface area (Å²) in [6, 6.07) is 8.40. The van der Waals surface area contributed by atoms with E-state index in [9.17, 15) is 29.3 Å². The van der Waals surface area contributed by atoms with Gasteiger partial charge in [-0.1, -0.05) is 28.1 Å². The van der Waals surface area contributed by atoms with Crippen LogP contribution >= 0.6 is 15.9 Å². The van der Waals surface area contributed by atoms with Gasteiger partial charge in [-0.15, -0.1) is 0 Å². The van der Waals surface area contributed by atoms with E-state index in [-0.39, 0.29) is 42.1 Å². The fourth-order valence-corrected chi connectivity index (χ4v) is 4.72. The number of hydrogen-bond acceptors (Lipinski definition) is 7. The molecule has 0 fully saturated rings. The van der Waals surface area contributed by atoms with E-state index in [1.54, 1.807) is 18.2 Å². The fourth-order valence-electron chi connectivity index (χ4n) is 4.23. The van der Waals surface area contributed by atoms with Crippen molar-refractivity contribution in [2.45, 2.75) is 25.8 Å². The molecule has 0 saturated heterocycles. The predicted molar refractivity (Wildman–Crippen MR) is 119 cm³/mol. The zero-order chi connectivity index (χ0) is 23.9. The second-order valence-electron chi connectivity index (χ2n) is 7.54. The summed E-state index contributed by atoms with van der Waals surface area (Å²) in [6.45, 7) is 1.26. The van der Waals surface area contributed by atoms with E-state index in [0.717, 1.165) is 9.80 Å². The van der Waals surface area contributed by atoms with Crippen LogP contribution in [-0.2, 0) is 20.7 Å². The van der Waals surface area contributed by atoms with E-state index in [1.807, 2.05) is 0 Å². The van der Waals surface area contributed by atoms with Crippen molar-refractivity contribution in [3.63, 3.8) is 0 Å². The van der Waals surface area contributed by atoms with Crippen LogP contribution in [-0.4, -0.2) is 52.7 Å². The van der Waals surface area contributed by atoms with Gasteiger partial charge in [-0.3, -0.25) is 34.3 Å². The highest BCUT2D eigenvalue weighted by atomic mass is 79.9. The Labute approximate surface area is 196 Å². The molecule has 2 heterocycles. The fraction of sp³-hybridized carbons (Fsp3) is 0.273. The number of amides is 3. The lowest BCUT2D eigenvalue weighted by Crippen LogP contribution is -2.53. The van der Waals surface area contributed by atoms with Crippen molar-refractivity contribution in [1.82, 2.24) is 4.90 Å². The number of esters is 1. The van der Waals surface area contributed by atoms with Crippen LogP contribution in [0.25, 0.3) is 0 Å². The Balaban J connectivity index is 1.77. The first-order valence-corrected chi connectivity index (χ1v) is 11.0. The molecule has 1 unspecified atom stereocenters. The van der Waals surface area contributed by atoms with Crippen LogP contribution in [0.5, 0.6) is 0 Å². The first-order valence-electron chi connectivity index (χ1n) is 10.2. The molecule has 0 aliphatic carbocycles. The molecule has 2 aliphatic heterocycles. The van der Waals surface area contributed by atoms with Gasteiger partial charge in [0.25, 0.3) is 17.5 Å². The standard InChI is InChI=1S/C22H18BrN3O7/c1-2-33-22(30)21(29)25-14(8-7-12-9-13(23)10-17(18(12)25)26(31)32)11-24-19(27)15-5-3-4-6-16(15)20(24)28/h3-6,9-10,14H,2,7-8,11H2,1H3. The van der Waals surface area contributed by atoms with Gasteiger partial charge in [0, 0.05) is 10.5 Å². The molecule has 170 valence electrons. The summed E-state index contributed by atoms with van der Waals surface area (Å²) in [5, 5.41) is 11.8. The van der Waals surface area contributed by atoms with Crippen LogP contribution in [0.15, 0.2) is 40.9 Å². The molecule has 0 aromatic heterocycles. The maximum atomic E-state index is 13.1. The summed E-state index contributed by atoms with van der Waals surface area (Å²) in [4.78, 5) is 64.3. The van der Waals surface area contributed by atoms with Gasteiger partial charge >= 0.3 is 11.9 Å². The maximum Gasteiger partial charge on any atom is 0.397 e. The van der Waals surface area contributed by atoms with Gasteiger partial charge in [0.2, 0.25) is 0 Å². The predicted octanol–water partition coefficient (Wildman–Crippen LogP) is 2.86. The van der Waals surface area contributed by atoms with Gasteiger partial charge in [-0.2, -0.15) is 0 Å². The summed E-state index contributed by atoms with van der Waals surface area (Å²) in [5.41, 5.74) is 0.583. The average molecular weight is 516 g/mol. The third-order valence-electron chi connectivity index (χ3n) is 5.62. The molecule has 2 aromatic rings. The van der Waals surface area contributed by atoms with Crippen molar-refractivity contribution in [3.8, 4) is 0 Å². The zero-order valence-electron chi connectivity index (χ0n) is 17.4. The number of rotatable bonds is 4. The van der Waals surface area contributed by atoms with E-state index in [4.69, 9.17) is 4.74 Å². The number of nitro benzene ring substituents is 1. The van der Waals surface area contributed by atoms with Gasteiger partial charge in [0.05, 0.1) is 35.2 Å². The number of hydrogen-bond donors (Lipinski definition) is 0. The number of benzene rings is 2. The molecule has 0 radical (unpaired) electrons. The molecule has 11 heteroatoms. The summed E-state index contributed by atoms with van der Waals surface area (Å²) < 4.78 is 5.30. The van der Waals surface area contributed by atoms with Crippen LogP contribution in [0.2, 0.25) is 0 Å². The molecule has 10 nitrogen and oxygen atoms in total. The lowest BCUT2D eigenvalue weighted by molar-refractivity contribution is -0.384. The minimum absolute atomic E-state index is 0.0332. The second-order valence-corrected chi connectivity index (χ2v) is 8.46. The van der Waals surface area contributed by atoms with Crippen molar-refractivity contribution in [1.29, 1.82) is 0 Å². The number of ether oxygens (including phenoxy) is 1. The zero-order valence-corrected chi connectivity index (χ0v) is 19.0. The molecule has 3 amide bonds. The van der Waals surface area contributed by atoms with E-state index in [1.165, 1.54) is 25.1 Å². The van der Waals surface area contributed by atoms with Crippen LogP contribution in [0.4, 0.5) is 11.4 Å². The van der Waals surface area contributed by atoms with Crippen LogP contribution in [0.1, 0.15) is 39.6 Å². The Hall–Kier alpha value is -3.60. The molecule has 2 aliphatic rings. The highest BCUT2D eigenvalue weighted by Crippen LogP contribution is 2.41. The molecule has 4 rings (SSSR count). The third kappa shape index (κ3) is 3.88. The van der Waals surface area contributed by atoms with Crippen molar-refractivity contribution in [2.24, 2.45) is 0 Å². The Morgan fingerprint density at radius 1 is 1.18 bits per heavy atom. The number of imide groups is 1. The van der Waals surface area contributed by atoms with Crippen molar-refractivity contribution >= 4 is 51.0 Å². The highest BCUT2D eigenvalue weighted by Gasteiger charge is 2.44. The number of carbonyl (C=O) groups excluding carboxylic acids is 4. The Morgan fingerprint density at radius 3 is 2.39 bits per heavy atom. The molecular weight excluding hydrogens is 498 g/mol. The van der Waals surface area contributed by atoms with Gasteiger partial charge in [0.15, 0.2) is 0 Å². The quantitative estimate of drug-likeness (QED) is 0.201. The topological polar surface area (TPSA) is 127 Å². The number of nitrogens with zero attached hydrogens (tertiary/aromatic N) is 3. The number of anilines is 1. The van der Waals surface area contributed by atoms with Gasteiger partial charge in [-0.25, -0.2) is 4.79 Å². The summed E-state index contributed by atoms with van der Waals surface area (Å²) in [5.74, 6) is -3.30. The van der Waals surface area contributed by atoms with E-state index in [0.29, 0.717) is 16.5 Å². The Kier molecular flexibility index (Phi) is 5.98. The van der Waals surface area contributed by atoms with Crippen LogP contribution in [0, 0.1) is 10.1 Å². The van der Waals surface area contributed by atoms with Gasteiger partial charge in [-0.05, 0) is 43.5 Å².